The number of rotatable bonds is 4. The smallest absolute Gasteiger partial charge is 0.341 e. The van der Waals surface area contributed by atoms with Crippen LogP contribution in [0.1, 0.15) is 86.7 Å². The summed E-state index contributed by atoms with van der Waals surface area (Å²) in [6, 6.07) is 4.06. The molecule has 3 atom stereocenters. The van der Waals surface area contributed by atoms with Crippen LogP contribution >= 0.6 is 0 Å². The normalized spacial score (nSPS) is 28.4. The summed E-state index contributed by atoms with van der Waals surface area (Å²) in [7, 11) is 0. The molecule has 0 unspecified atom stereocenters. The van der Waals surface area contributed by atoms with Gasteiger partial charge >= 0.3 is 5.97 Å². The summed E-state index contributed by atoms with van der Waals surface area (Å²) in [5, 5.41) is 10.0. The molecule has 2 heterocycles. The summed E-state index contributed by atoms with van der Waals surface area (Å²) in [6.45, 7) is 6.08. The molecule has 1 aliphatic carbocycles. The molecule has 3 aliphatic rings. The van der Waals surface area contributed by atoms with E-state index in [0.717, 1.165) is 49.7 Å². The molecule has 0 amide bonds. The number of hydrogen-bond donors (Lipinski definition) is 1. The highest BCUT2D eigenvalue weighted by atomic mass is 19.1. The van der Waals surface area contributed by atoms with Crippen LogP contribution in [0.3, 0.4) is 0 Å². The quantitative estimate of drug-likeness (QED) is 0.804. The van der Waals surface area contributed by atoms with Gasteiger partial charge in [0.05, 0.1) is 11.7 Å². The highest BCUT2D eigenvalue weighted by Gasteiger charge is 2.41. The monoisotopic (exact) mass is 375 g/mol. The van der Waals surface area contributed by atoms with E-state index in [1.807, 2.05) is 0 Å². The van der Waals surface area contributed by atoms with E-state index < -0.39 is 17.4 Å². The number of hydrogen-bond acceptors (Lipinski definition) is 4. The van der Waals surface area contributed by atoms with Gasteiger partial charge in [-0.25, -0.2) is 9.18 Å². The fourth-order valence-electron chi connectivity index (χ4n) is 4.73. The first-order valence-electron chi connectivity index (χ1n) is 10.2. The molecule has 2 bridgehead atoms. The Hall–Kier alpha value is -1.46. The summed E-state index contributed by atoms with van der Waals surface area (Å²) in [4.78, 5) is 14.9. The van der Waals surface area contributed by atoms with Crippen molar-refractivity contribution in [1.29, 1.82) is 0 Å². The molecule has 1 saturated carbocycles. The van der Waals surface area contributed by atoms with Crippen LogP contribution < -0.4 is 0 Å². The number of ether oxygens (including phenoxy) is 1. The van der Waals surface area contributed by atoms with E-state index in [1.165, 1.54) is 0 Å². The Morgan fingerprint density at radius 1 is 1.19 bits per heavy atom. The Kier molecular flexibility index (Phi) is 4.79. The minimum atomic E-state index is -0.643. The summed E-state index contributed by atoms with van der Waals surface area (Å²) in [5.41, 5.74) is 1.50. The van der Waals surface area contributed by atoms with Crippen molar-refractivity contribution in [2.75, 3.05) is 0 Å². The molecule has 1 aromatic rings. The molecule has 148 valence electrons. The highest BCUT2D eigenvalue weighted by molar-refractivity contribution is 5.90. The Morgan fingerprint density at radius 2 is 1.81 bits per heavy atom. The molecule has 2 saturated heterocycles. The maximum atomic E-state index is 14.8. The number of benzene rings is 1. The van der Waals surface area contributed by atoms with Crippen LogP contribution in [0.25, 0.3) is 0 Å². The topological polar surface area (TPSA) is 49.8 Å². The minimum absolute atomic E-state index is 0.0487. The van der Waals surface area contributed by atoms with Crippen molar-refractivity contribution in [3.8, 4) is 0 Å². The fraction of sp³-hybridized carbons (Fsp3) is 0.682. The van der Waals surface area contributed by atoms with Crippen molar-refractivity contribution in [3.63, 3.8) is 0 Å². The molecular weight excluding hydrogens is 345 g/mol. The van der Waals surface area contributed by atoms with Crippen LogP contribution in [-0.4, -0.2) is 39.8 Å². The lowest BCUT2D eigenvalue weighted by molar-refractivity contribution is 0.00639. The van der Waals surface area contributed by atoms with Crippen LogP contribution in [0.4, 0.5) is 4.39 Å². The number of halogens is 1. The second kappa shape index (κ2) is 6.85. The van der Waals surface area contributed by atoms with Crippen LogP contribution in [0.5, 0.6) is 0 Å². The van der Waals surface area contributed by atoms with Crippen molar-refractivity contribution in [2.45, 2.75) is 95.5 Å². The summed E-state index contributed by atoms with van der Waals surface area (Å²) in [6.07, 6.45) is 5.84. The van der Waals surface area contributed by atoms with Crippen molar-refractivity contribution in [3.05, 3.63) is 34.6 Å². The zero-order valence-corrected chi connectivity index (χ0v) is 16.5. The maximum absolute atomic E-state index is 14.8. The lowest BCUT2D eigenvalue weighted by Crippen LogP contribution is -2.44. The van der Waals surface area contributed by atoms with Gasteiger partial charge in [-0.3, -0.25) is 4.90 Å². The number of aliphatic hydroxyl groups excluding tert-OH is 1. The van der Waals surface area contributed by atoms with Gasteiger partial charge in [-0.05, 0) is 88.5 Å². The van der Waals surface area contributed by atoms with E-state index in [9.17, 15) is 14.3 Å². The van der Waals surface area contributed by atoms with Gasteiger partial charge in [-0.1, -0.05) is 0 Å². The third-order valence-corrected chi connectivity index (χ3v) is 6.08. The van der Waals surface area contributed by atoms with Gasteiger partial charge < -0.3 is 9.84 Å². The van der Waals surface area contributed by atoms with Gasteiger partial charge in [0.1, 0.15) is 11.4 Å². The van der Waals surface area contributed by atoms with Crippen LogP contribution in [0.2, 0.25) is 0 Å². The predicted molar refractivity (Wildman–Crippen MR) is 101 cm³/mol. The van der Waals surface area contributed by atoms with Crippen molar-refractivity contribution < 1.29 is 19.0 Å². The first-order chi connectivity index (χ1) is 12.7. The van der Waals surface area contributed by atoms with E-state index in [1.54, 1.807) is 32.9 Å². The van der Waals surface area contributed by atoms with Gasteiger partial charge in [-0.15, -0.1) is 0 Å². The third-order valence-electron chi connectivity index (χ3n) is 6.08. The van der Waals surface area contributed by atoms with Crippen LogP contribution in [0, 0.1) is 5.82 Å². The van der Waals surface area contributed by atoms with Gasteiger partial charge in [0, 0.05) is 18.6 Å². The minimum Gasteiger partial charge on any atom is -0.456 e. The molecule has 0 radical (unpaired) electrons. The fourth-order valence-corrected chi connectivity index (χ4v) is 4.73. The largest absolute Gasteiger partial charge is 0.456 e. The Balaban J connectivity index is 1.60. The number of fused-ring (bicyclic) bond motifs is 2. The molecule has 27 heavy (non-hydrogen) atoms. The molecule has 1 N–H and O–H groups in total. The zero-order valence-electron chi connectivity index (χ0n) is 16.5. The molecular formula is C22H30FNO3. The zero-order chi connectivity index (χ0) is 19.3. The van der Waals surface area contributed by atoms with E-state index in [4.69, 9.17) is 4.74 Å². The number of carbonyl (C=O) groups is 1. The van der Waals surface area contributed by atoms with E-state index in [0.29, 0.717) is 24.5 Å². The third kappa shape index (κ3) is 4.04. The van der Waals surface area contributed by atoms with Crippen molar-refractivity contribution in [2.24, 2.45) is 0 Å². The Labute approximate surface area is 160 Å². The van der Waals surface area contributed by atoms with Crippen molar-refractivity contribution >= 4 is 5.97 Å². The molecule has 0 aromatic heterocycles. The van der Waals surface area contributed by atoms with E-state index in [2.05, 4.69) is 4.90 Å². The number of nitrogens with zero attached hydrogens (tertiary/aromatic N) is 1. The number of aliphatic hydroxyl groups is 1. The molecule has 0 spiro atoms. The Morgan fingerprint density at radius 3 is 2.37 bits per heavy atom. The van der Waals surface area contributed by atoms with Crippen LogP contribution in [0.15, 0.2) is 12.1 Å². The highest BCUT2D eigenvalue weighted by Crippen LogP contribution is 2.44. The first-order valence-corrected chi connectivity index (χ1v) is 10.2. The summed E-state index contributed by atoms with van der Waals surface area (Å²) in [5.74, 6) is -0.655. The second-order valence-electron chi connectivity index (χ2n) is 9.49. The van der Waals surface area contributed by atoms with Crippen LogP contribution in [-0.2, 0) is 11.3 Å². The van der Waals surface area contributed by atoms with Crippen molar-refractivity contribution in [1.82, 2.24) is 4.90 Å². The summed E-state index contributed by atoms with van der Waals surface area (Å²) >= 11 is 0. The Bertz CT molecular complexity index is 724. The molecule has 3 fully saturated rings. The molecule has 4 rings (SSSR count). The average Bonchev–Trinajstić information content (AvgIpc) is 3.34. The van der Waals surface area contributed by atoms with E-state index in [-0.39, 0.29) is 11.7 Å². The standard InChI is InChI=1S/C22H30FNO3/c1-22(2,3)27-21(26)19-11-18(13-4-5-13)14(8-20(19)23)12-24-15-6-7-16(24)10-17(25)9-15/h8,11,13,15-17,25H,4-7,9-10,12H2,1-3H3/t15-,16+,17+. The SMILES string of the molecule is CC(C)(C)OC(=O)c1cc(C2CC2)c(CN2[C@@H]3CC[C@H]2C[C@@H](O)C3)cc1F. The lowest BCUT2D eigenvalue weighted by atomic mass is 9.95. The number of esters is 1. The van der Waals surface area contributed by atoms with Gasteiger partial charge in [0.2, 0.25) is 0 Å². The molecule has 2 aliphatic heterocycles. The maximum Gasteiger partial charge on any atom is 0.341 e. The number of piperidine rings is 1. The first kappa shape index (κ1) is 18.9. The lowest BCUT2D eigenvalue weighted by Gasteiger charge is -2.37. The molecule has 4 nitrogen and oxygen atoms in total. The van der Waals surface area contributed by atoms with E-state index >= 15 is 0 Å². The summed E-state index contributed by atoms with van der Waals surface area (Å²) < 4.78 is 20.2. The van der Waals surface area contributed by atoms with Gasteiger partial charge in [0.15, 0.2) is 0 Å². The molecule has 5 heteroatoms. The predicted octanol–water partition coefficient (Wildman–Crippen LogP) is 4.15. The average molecular weight is 375 g/mol. The molecule has 1 aromatic carbocycles. The van der Waals surface area contributed by atoms with Gasteiger partial charge in [-0.2, -0.15) is 0 Å². The number of carbonyl (C=O) groups excluding carboxylic acids is 1. The second-order valence-corrected chi connectivity index (χ2v) is 9.49. The van der Waals surface area contributed by atoms with Gasteiger partial charge in [0.25, 0.3) is 0 Å².